The van der Waals surface area contributed by atoms with Crippen LogP contribution in [0.1, 0.15) is 33.6 Å². The van der Waals surface area contributed by atoms with Crippen molar-refractivity contribution in [1.82, 2.24) is 5.32 Å². The highest BCUT2D eigenvalue weighted by Gasteiger charge is 2.31. The highest BCUT2D eigenvalue weighted by molar-refractivity contribution is 5.81. The van der Waals surface area contributed by atoms with Gasteiger partial charge in [-0.3, -0.25) is 4.79 Å². The minimum absolute atomic E-state index is 0.117. The number of hydrogen-bond acceptors (Lipinski definition) is 3. The van der Waals surface area contributed by atoms with Crippen LogP contribution in [0, 0.1) is 0 Å². The van der Waals surface area contributed by atoms with Crippen molar-refractivity contribution in [2.24, 2.45) is 0 Å². The number of amides is 1. The Morgan fingerprint density at radius 3 is 2.71 bits per heavy atom. The van der Waals surface area contributed by atoms with Gasteiger partial charge in [-0.15, -0.1) is 0 Å². The quantitative estimate of drug-likeness (QED) is 0.696. The van der Waals surface area contributed by atoms with E-state index in [2.05, 4.69) is 5.32 Å². The molecule has 82 valence electrons. The molecule has 0 spiro atoms. The van der Waals surface area contributed by atoms with Crippen LogP contribution < -0.4 is 5.32 Å². The first-order valence-electron chi connectivity index (χ1n) is 5.05. The number of rotatable bonds is 3. The lowest BCUT2D eigenvalue weighted by atomic mass is 9.98. The normalized spacial score (nSPS) is 24.7. The monoisotopic (exact) mass is 201 g/mol. The van der Waals surface area contributed by atoms with E-state index in [4.69, 9.17) is 4.74 Å². The second kappa shape index (κ2) is 4.28. The molecule has 1 amide bonds. The molecule has 1 heterocycles. The zero-order valence-electron chi connectivity index (χ0n) is 9.04. The molecule has 1 aliphatic rings. The van der Waals surface area contributed by atoms with E-state index < -0.39 is 11.6 Å². The molecule has 0 aromatic rings. The van der Waals surface area contributed by atoms with Crippen LogP contribution in [0.2, 0.25) is 0 Å². The maximum atomic E-state index is 11.6. The number of aliphatic hydroxyl groups is 1. The summed E-state index contributed by atoms with van der Waals surface area (Å²) in [4.78, 5) is 11.6. The highest BCUT2D eigenvalue weighted by Crippen LogP contribution is 2.15. The van der Waals surface area contributed by atoms with Gasteiger partial charge in [-0.2, -0.15) is 0 Å². The molecule has 2 atom stereocenters. The molecule has 4 nitrogen and oxygen atoms in total. The molecule has 0 bridgehead atoms. The van der Waals surface area contributed by atoms with E-state index in [9.17, 15) is 9.90 Å². The summed E-state index contributed by atoms with van der Waals surface area (Å²) in [6, 6.07) is 0. The largest absolute Gasteiger partial charge is 0.391 e. The number of carbonyl (C=O) groups is 1. The molecule has 0 radical (unpaired) electrons. The van der Waals surface area contributed by atoms with Crippen molar-refractivity contribution in [3.05, 3.63) is 0 Å². The van der Waals surface area contributed by atoms with Crippen LogP contribution in [0.4, 0.5) is 0 Å². The Bertz CT molecular complexity index is 207. The third-order valence-corrected chi connectivity index (χ3v) is 2.71. The van der Waals surface area contributed by atoms with Gasteiger partial charge in [0.25, 0.3) is 0 Å². The van der Waals surface area contributed by atoms with Gasteiger partial charge in [-0.25, -0.2) is 0 Å². The SMILES string of the molecule is CC(O)C(C)(C)NC(=O)[C@@H]1CCCO1. The Hall–Kier alpha value is -0.610. The summed E-state index contributed by atoms with van der Waals surface area (Å²) >= 11 is 0. The van der Waals surface area contributed by atoms with Gasteiger partial charge >= 0.3 is 0 Å². The van der Waals surface area contributed by atoms with Crippen LogP contribution in [-0.4, -0.2) is 35.4 Å². The van der Waals surface area contributed by atoms with Crippen LogP contribution in [0.25, 0.3) is 0 Å². The smallest absolute Gasteiger partial charge is 0.249 e. The van der Waals surface area contributed by atoms with Gasteiger partial charge in [0.15, 0.2) is 0 Å². The van der Waals surface area contributed by atoms with Crippen LogP contribution in [0.5, 0.6) is 0 Å². The van der Waals surface area contributed by atoms with Crippen molar-refractivity contribution in [1.29, 1.82) is 0 Å². The lowest BCUT2D eigenvalue weighted by Gasteiger charge is -2.30. The third-order valence-electron chi connectivity index (χ3n) is 2.71. The van der Waals surface area contributed by atoms with Gasteiger partial charge in [0, 0.05) is 6.61 Å². The molecule has 1 unspecified atom stereocenters. The van der Waals surface area contributed by atoms with E-state index in [1.165, 1.54) is 0 Å². The van der Waals surface area contributed by atoms with Crippen LogP contribution in [-0.2, 0) is 9.53 Å². The molecule has 2 N–H and O–H groups in total. The number of nitrogens with one attached hydrogen (secondary N) is 1. The maximum absolute atomic E-state index is 11.6. The zero-order chi connectivity index (χ0) is 10.8. The van der Waals surface area contributed by atoms with Crippen molar-refractivity contribution in [2.75, 3.05) is 6.61 Å². The van der Waals surface area contributed by atoms with Crippen LogP contribution >= 0.6 is 0 Å². The molecule has 1 aliphatic heterocycles. The van der Waals surface area contributed by atoms with Gasteiger partial charge < -0.3 is 15.2 Å². The van der Waals surface area contributed by atoms with E-state index in [-0.39, 0.29) is 12.0 Å². The summed E-state index contributed by atoms with van der Waals surface area (Å²) in [6.45, 7) is 5.91. The molecule has 1 fully saturated rings. The number of ether oxygens (including phenoxy) is 1. The number of hydrogen-bond donors (Lipinski definition) is 2. The molecule has 4 heteroatoms. The van der Waals surface area contributed by atoms with Gasteiger partial charge in [-0.1, -0.05) is 0 Å². The first-order chi connectivity index (χ1) is 6.43. The fraction of sp³-hybridized carbons (Fsp3) is 0.900. The Morgan fingerprint density at radius 1 is 1.64 bits per heavy atom. The number of carbonyl (C=O) groups excluding carboxylic acids is 1. The van der Waals surface area contributed by atoms with E-state index >= 15 is 0 Å². The van der Waals surface area contributed by atoms with Crippen molar-refractivity contribution >= 4 is 5.91 Å². The number of aliphatic hydroxyl groups excluding tert-OH is 1. The summed E-state index contributed by atoms with van der Waals surface area (Å²) in [5, 5.41) is 12.2. The predicted octanol–water partition coefficient (Wildman–Crippen LogP) is 0.441. The summed E-state index contributed by atoms with van der Waals surface area (Å²) < 4.78 is 5.25. The summed E-state index contributed by atoms with van der Waals surface area (Å²) in [7, 11) is 0. The van der Waals surface area contributed by atoms with Crippen LogP contribution in [0.15, 0.2) is 0 Å². The Labute approximate surface area is 84.6 Å². The fourth-order valence-electron chi connectivity index (χ4n) is 1.29. The molecule has 14 heavy (non-hydrogen) atoms. The van der Waals surface area contributed by atoms with E-state index in [1.54, 1.807) is 20.8 Å². The first-order valence-corrected chi connectivity index (χ1v) is 5.05. The Kier molecular flexibility index (Phi) is 3.50. The third kappa shape index (κ3) is 2.69. The average molecular weight is 201 g/mol. The average Bonchev–Trinajstić information content (AvgIpc) is 2.54. The van der Waals surface area contributed by atoms with E-state index in [1.807, 2.05) is 0 Å². The lowest BCUT2D eigenvalue weighted by molar-refractivity contribution is -0.133. The maximum Gasteiger partial charge on any atom is 0.249 e. The van der Waals surface area contributed by atoms with Gasteiger partial charge in [0.1, 0.15) is 6.10 Å². The molecular formula is C10H19NO3. The van der Waals surface area contributed by atoms with E-state index in [0.717, 1.165) is 12.8 Å². The predicted molar refractivity (Wildman–Crippen MR) is 52.9 cm³/mol. The molecule has 0 aromatic heterocycles. The molecule has 0 saturated carbocycles. The second-order valence-corrected chi connectivity index (χ2v) is 4.39. The standard InChI is InChI=1S/C10H19NO3/c1-7(12)10(2,3)11-9(13)8-5-4-6-14-8/h7-8,12H,4-6H2,1-3H3,(H,11,13)/t7?,8-/m0/s1. The van der Waals surface area contributed by atoms with E-state index in [0.29, 0.717) is 6.61 Å². The zero-order valence-corrected chi connectivity index (χ0v) is 9.04. The van der Waals surface area contributed by atoms with Gasteiger partial charge in [0.2, 0.25) is 5.91 Å². The molecule has 0 aliphatic carbocycles. The molecule has 1 rings (SSSR count). The molecule has 1 saturated heterocycles. The van der Waals surface area contributed by atoms with Gasteiger partial charge in [0.05, 0.1) is 11.6 Å². The van der Waals surface area contributed by atoms with Crippen molar-refractivity contribution in [2.45, 2.75) is 51.4 Å². The fourth-order valence-corrected chi connectivity index (χ4v) is 1.29. The summed E-state index contributed by atoms with van der Waals surface area (Å²) in [6.07, 6.45) is 0.815. The van der Waals surface area contributed by atoms with Gasteiger partial charge in [-0.05, 0) is 33.6 Å². The Morgan fingerprint density at radius 2 is 2.29 bits per heavy atom. The van der Waals surface area contributed by atoms with Crippen molar-refractivity contribution in [3.8, 4) is 0 Å². The highest BCUT2D eigenvalue weighted by atomic mass is 16.5. The topological polar surface area (TPSA) is 58.6 Å². The van der Waals surface area contributed by atoms with Crippen molar-refractivity contribution < 1.29 is 14.6 Å². The van der Waals surface area contributed by atoms with Crippen molar-refractivity contribution in [3.63, 3.8) is 0 Å². The lowest BCUT2D eigenvalue weighted by Crippen LogP contribution is -2.53. The second-order valence-electron chi connectivity index (χ2n) is 4.39. The Balaban J connectivity index is 2.46. The summed E-state index contributed by atoms with van der Waals surface area (Å²) in [5.74, 6) is -0.117. The summed E-state index contributed by atoms with van der Waals surface area (Å²) in [5.41, 5.74) is -0.594. The molecular weight excluding hydrogens is 182 g/mol. The molecule has 0 aromatic carbocycles. The minimum Gasteiger partial charge on any atom is -0.391 e. The first kappa shape index (κ1) is 11.5. The minimum atomic E-state index is -0.594. The van der Waals surface area contributed by atoms with Crippen LogP contribution in [0.3, 0.4) is 0 Å².